The van der Waals surface area contributed by atoms with E-state index in [1.54, 1.807) is 7.11 Å². The first kappa shape index (κ1) is 15.7. The summed E-state index contributed by atoms with van der Waals surface area (Å²) in [5.74, 6) is 0.934. The van der Waals surface area contributed by atoms with Gasteiger partial charge in [0.1, 0.15) is 0 Å². The summed E-state index contributed by atoms with van der Waals surface area (Å²) in [5, 5.41) is 4.20. The van der Waals surface area contributed by atoms with E-state index in [0.717, 1.165) is 11.0 Å². The van der Waals surface area contributed by atoms with Gasteiger partial charge in [-0.25, -0.2) is 0 Å². The predicted octanol–water partition coefficient (Wildman–Crippen LogP) is 2.80. The zero-order valence-corrected chi connectivity index (χ0v) is 13.1. The van der Waals surface area contributed by atoms with E-state index in [2.05, 4.69) is 31.1 Å². The van der Waals surface area contributed by atoms with Gasteiger partial charge in [0.25, 0.3) is 0 Å². The number of ether oxygens (including phenoxy) is 1. The van der Waals surface area contributed by atoms with E-state index in [9.17, 15) is 0 Å². The minimum Gasteiger partial charge on any atom is -0.383 e. The highest BCUT2D eigenvalue weighted by molar-refractivity contribution is 7.80. The van der Waals surface area contributed by atoms with Crippen LogP contribution in [0.3, 0.4) is 0 Å². The predicted molar refractivity (Wildman–Crippen MR) is 80.9 cm³/mol. The van der Waals surface area contributed by atoms with Crippen molar-refractivity contribution in [2.45, 2.75) is 58.0 Å². The minimum atomic E-state index is 0.275. The molecule has 3 nitrogen and oxygen atoms in total. The summed E-state index contributed by atoms with van der Waals surface area (Å²) in [6.07, 6.45) is 6.57. The lowest BCUT2D eigenvalue weighted by molar-refractivity contribution is 0.175. The fourth-order valence-corrected chi connectivity index (χ4v) is 3.06. The zero-order chi connectivity index (χ0) is 13.5. The third-order valence-electron chi connectivity index (χ3n) is 4.05. The number of nitrogens with one attached hydrogen (secondary N) is 1. The van der Waals surface area contributed by atoms with Crippen molar-refractivity contribution in [1.29, 1.82) is 0 Å². The van der Waals surface area contributed by atoms with Gasteiger partial charge in [0, 0.05) is 26.2 Å². The molecule has 0 aromatic rings. The molecule has 106 valence electrons. The monoisotopic (exact) mass is 272 g/mol. The molecule has 1 rings (SSSR count). The van der Waals surface area contributed by atoms with E-state index in [-0.39, 0.29) is 6.04 Å². The van der Waals surface area contributed by atoms with Crippen molar-refractivity contribution >= 4 is 17.3 Å². The molecule has 1 aliphatic rings. The topological polar surface area (TPSA) is 24.5 Å². The molecule has 1 atom stereocenters. The minimum absolute atomic E-state index is 0.275. The Bertz CT molecular complexity index is 252. The molecule has 0 aliphatic heterocycles. The van der Waals surface area contributed by atoms with Crippen molar-refractivity contribution in [1.82, 2.24) is 10.2 Å². The Hall–Kier alpha value is -0.350. The fraction of sp³-hybridized carbons (Fsp3) is 0.929. The first-order valence-corrected chi connectivity index (χ1v) is 7.51. The molecule has 0 saturated heterocycles. The van der Waals surface area contributed by atoms with Crippen LogP contribution >= 0.6 is 12.2 Å². The van der Waals surface area contributed by atoms with Crippen LogP contribution in [0.4, 0.5) is 0 Å². The van der Waals surface area contributed by atoms with Crippen LogP contribution in [0.1, 0.15) is 46.0 Å². The number of rotatable bonds is 5. The van der Waals surface area contributed by atoms with Crippen molar-refractivity contribution in [3.8, 4) is 0 Å². The Morgan fingerprint density at radius 3 is 2.50 bits per heavy atom. The summed E-state index contributed by atoms with van der Waals surface area (Å²) in [7, 11) is 3.84. The molecule has 0 spiro atoms. The maximum atomic E-state index is 5.47. The van der Waals surface area contributed by atoms with Crippen molar-refractivity contribution in [2.24, 2.45) is 5.92 Å². The fourth-order valence-electron chi connectivity index (χ4n) is 2.71. The third kappa shape index (κ3) is 4.73. The van der Waals surface area contributed by atoms with E-state index in [4.69, 9.17) is 17.0 Å². The average molecular weight is 272 g/mol. The van der Waals surface area contributed by atoms with E-state index in [1.807, 2.05) is 0 Å². The smallest absolute Gasteiger partial charge is 0.169 e. The highest BCUT2D eigenvalue weighted by Crippen LogP contribution is 2.28. The average Bonchev–Trinajstić information content (AvgIpc) is 2.38. The maximum Gasteiger partial charge on any atom is 0.169 e. The van der Waals surface area contributed by atoms with E-state index < -0.39 is 0 Å². The molecule has 0 amide bonds. The summed E-state index contributed by atoms with van der Waals surface area (Å²) in [4.78, 5) is 2.24. The van der Waals surface area contributed by atoms with Gasteiger partial charge in [0.2, 0.25) is 0 Å². The van der Waals surface area contributed by atoms with Crippen LogP contribution in [0, 0.1) is 5.92 Å². The second-order valence-corrected chi connectivity index (χ2v) is 5.89. The summed E-state index contributed by atoms with van der Waals surface area (Å²) < 4.78 is 5.12. The number of hydrogen-bond acceptors (Lipinski definition) is 2. The molecular weight excluding hydrogens is 244 g/mol. The molecule has 18 heavy (non-hydrogen) atoms. The van der Waals surface area contributed by atoms with E-state index in [1.165, 1.54) is 32.1 Å². The number of methoxy groups -OCH3 is 1. The standard InChI is InChI=1S/C14H28N2OS/c1-5-12-6-8-13(9-7-12)16(3)14(18)15-11(2)10-17-4/h11-13H,5-10H2,1-4H3,(H,15,18). The molecule has 0 heterocycles. The molecule has 1 aliphatic carbocycles. The number of thiocarbonyl (C=S) groups is 1. The SMILES string of the molecule is CCC1CCC(N(C)C(=S)NC(C)COC)CC1. The van der Waals surface area contributed by atoms with Gasteiger partial charge in [-0.05, 0) is 50.7 Å². The number of hydrogen-bond donors (Lipinski definition) is 1. The first-order chi connectivity index (χ1) is 8.58. The van der Waals surface area contributed by atoms with Gasteiger partial charge in [-0.15, -0.1) is 0 Å². The normalized spacial score (nSPS) is 25.6. The lowest BCUT2D eigenvalue weighted by Gasteiger charge is -2.36. The van der Waals surface area contributed by atoms with Crippen LogP contribution in [0.25, 0.3) is 0 Å². The molecule has 0 aromatic heterocycles. The Kier molecular flexibility index (Phi) is 6.94. The van der Waals surface area contributed by atoms with Gasteiger partial charge in [-0.2, -0.15) is 0 Å². The summed E-state index contributed by atoms with van der Waals surface area (Å²) in [5.41, 5.74) is 0. The zero-order valence-electron chi connectivity index (χ0n) is 12.2. The van der Waals surface area contributed by atoms with Gasteiger partial charge < -0.3 is 15.0 Å². The Morgan fingerprint density at radius 1 is 1.39 bits per heavy atom. The summed E-state index contributed by atoms with van der Waals surface area (Å²) in [6.45, 7) is 5.08. The summed E-state index contributed by atoms with van der Waals surface area (Å²) in [6, 6.07) is 0.888. The van der Waals surface area contributed by atoms with Gasteiger partial charge >= 0.3 is 0 Å². The molecule has 0 radical (unpaired) electrons. The highest BCUT2D eigenvalue weighted by atomic mass is 32.1. The van der Waals surface area contributed by atoms with Gasteiger partial charge in [-0.1, -0.05) is 13.3 Å². The molecular formula is C14H28N2OS. The second-order valence-electron chi connectivity index (χ2n) is 5.50. The van der Waals surface area contributed by atoms with Crippen molar-refractivity contribution in [2.75, 3.05) is 20.8 Å². The van der Waals surface area contributed by atoms with Crippen LogP contribution in [0.5, 0.6) is 0 Å². The van der Waals surface area contributed by atoms with Crippen LogP contribution < -0.4 is 5.32 Å². The van der Waals surface area contributed by atoms with Crippen LogP contribution in [0.15, 0.2) is 0 Å². The van der Waals surface area contributed by atoms with E-state index >= 15 is 0 Å². The molecule has 4 heteroatoms. The van der Waals surface area contributed by atoms with Crippen LogP contribution in [0.2, 0.25) is 0 Å². The van der Waals surface area contributed by atoms with Crippen molar-refractivity contribution in [3.63, 3.8) is 0 Å². The Balaban J connectivity index is 2.35. The summed E-state index contributed by atoms with van der Waals surface area (Å²) >= 11 is 5.47. The first-order valence-electron chi connectivity index (χ1n) is 7.10. The Labute approximate surface area is 117 Å². The van der Waals surface area contributed by atoms with Crippen molar-refractivity contribution < 1.29 is 4.74 Å². The van der Waals surface area contributed by atoms with Crippen LogP contribution in [-0.2, 0) is 4.74 Å². The molecule has 0 aromatic carbocycles. The molecule has 1 N–H and O–H groups in total. The number of nitrogens with zero attached hydrogens (tertiary/aromatic N) is 1. The quantitative estimate of drug-likeness (QED) is 0.778. The highest BCUT2D eigenvalue weighted by Gasteiger charge is 2.24. The maximum absolute atomic E-state index is 5.47. The molecule has 1 saturated carbocycles. The molecule has 1 fully saturated rings. The molecule has 1 unspecified atom stereocenters. The van der Waals surface area contributed by atoms with Gasteiger partial charge in [0.15, 0.2) is 5.11 Å². The van der Waals surface area contributed by atoms with E-state index in [0.29, 0.717) is 12.6 Å². The third-order valence-corrected chi connectivity index (χ3v) is 4.45. The Morgan fingerprint density at radius 2 is 2.00 bits per heavy atom. The molecule has 0 bridgehead atoms. The van der Waals surface area contributed by atoms with Crippen LogP contribution in [-0.4, -0.2) is 42.9 Å². The van der Waals surface area contributed by atoms with Gasteiger partial charge in [-0.3, -0.25) is 0 Å². The van der Waals surface area contributed by atoms with Gasteiger partial charge in [0.05, 0.1) is 6.61 Å². The lowest BCUT2D eigenvalue weighted by Crippen LogP contribution is -2.48. The largest absolute Gasteiger partial charge is 0.383 e. The lowest BCUT2D eigenvalue weighted by atomic mass is 9.84. The second kappa shape index (κ2) is 7.95. The van der Waals surface area contributed by atoms with Crippen molar-refractivity contribution in [3.05, 3.63) is 0 Å².